The van der Waals surface area contributed by atoms with Crippen molar-refractivity contribution in [2.45, 2.75) is 19.1 Å². The molecule has 0 radical (unpaired) electrons. The highest BCUT2D eigenvalue weighted by Crippen LogP contribution is 2.33. The number of nitrogens with zero attached hydrogens (tertiary/aromatic N) is 5. The maximum Gasteiger partial charge on any atom is 0.328 e. The van der Waals surface area contributed by atoms with E-state index < -0.39 is 12.2 Å². The molecule has 3 amide bonds. The number of hydrogen-bond donors (Lipinski definition) is 1. The topological polar surface area (TPSA) is 80.7 Å². The average Bonchev–Trinajstić information content (AvgIpc) is 3.33. The van der Waals surface area contributed by atoms with Gasteiger partial charge in [-0.2, -0.15) is 0 Å². The van der Waals surface area contributed by atoms with Crippen molar-refractivity contribution in [3.63, 3.8) is 0 Å². The largest absolute Gasteiger partial charge is 0.457 e. The van der Waals surface area contributed by atoms with E-state index in [0.717, 1.165) is 27.8 Å². The molecule has 33 heavy (non-hydrogen) atoms. The smallest absolute Gasteiger partial charge is 0.328 e. The number of hydrogen-bond acceptors (Lipinski definition) is 7. The highest BCUT2D eigenvalue weighted by atomic mass is 16.5. The number of nitrogens with one attached hydrogen (secondary N) is 1. The van der Waals surface area contributed by atoms with E-state index in [9.17, 15) is 9.59 Å². The van der Waals surface area contributed by atoms with Crippen molar-refractivity contribution in [1.29, 1.82) is 0 Å². The summed E-state index contributed by atoms with van der Waals surface area (Å²) in [5, 5.41) is 3.42. The number of ether oxygens (including phenoxy) is 1. The minimum absolute atomic E-state index is 0.233. The van der Waals surface area contributed by atoms with Gasteiger partial charge >= 0.3 is 6.03 Å². The van der Waals surface area contributed by atoms with Crippen LogP contribution in [0.25, 0.3) is 0 Å². The first-order valence-corrected chi connectivity index (χ1v) is 10.9. The molecule has 0 aliphatic carbocycles. The van der Waals surface area contributed by atoms with Gasteiger partial charge in [-0.15, -0.1) is 0 Å². The number of fused-ring (bicyclic) bond motifs is 3. The molecule has 0 aromatic heterocycles. The molecule has 0 bridgehead atoms. The molecule has 1 N–H and O–H groups in total. The number of anilines is 1. The molecule has 0 spiro atoms. The Morgan fingerprint density at radius 1 is 1.00 bits per heavy atom. The van der Waals surface area contributed by atoms with Gasteiger partial charge < -0.3 is 24.8 Å². The summed E-state index contributed by atoms with van der Waals surface area (Å²) in [6, 6.07) is 16.6. The van der Waals surface area contributed by atoms with Gasteiger partial charge in [0, 0.05) is 44.8 Å². The minimum atomic E-state index is -0.516. The number of allylic oxidation sites excluding steroid dienone is 1. The van der Waals surface area contributed by atoms with E-state index in [0.29, 0.717) is 19.0 Å². The average molecular weight is 447 g/mol. The third-order valence-corrected chi connectivity index (χ3v) is 6.12. The molecule has 2 atom stereocenters. The van der Waals surface area contributed by atoms with Crippen LogP contribution in [0.2, 0.25) is 0 Å². The zero-order valence-corrected chi connectivity index (χ0v) is 18.8. The lowest BCUT2D eigenvalue weighted by Gasteiger charge is -2.38. The van der Waals surface area contributed by atoms with E-state index >= 15 is 0 Å². The van der Waals surface area contributed by atoms with E-state index in [1.807, 2.05) is 72.6 Å². The van der Waals surface area contributed by atoms with Crippen LogP contribution in [-0.4, -0.2) is 76.9 Å². The maximum atomic E-state index is 12.8. The van der Waals surface area contributed by atoms with Crippen molar-refractivity contribution in [3.8, 4) is 11.5 Å². The molecule has 2 unspecified atom stereocenters. The number of amides is 3. The normalized spacial score (nSPS) is 21.7. The zero-order chi connectivity index (χ0) is 23.1. The van der Waals surface area contributed by atoms with Gasteiger partial charge in [-0.1, -0.05) is 18.2 Å². The van der Waals surface area contributed by atoms with Gasteiger partial charge in [-0.05, 0) is 43.3 Å². The van der Waals surface area contributed by atoms with E-state index in [-0.39, 0.29) is 11.9 Å². The summed E-state index contributed by atoms with van der Waals surface area (Å²) >= 11 is 0. The number of guanidine groups is 1. The Hall–Kier alpha value is -4.01. The number of rotatable bonds is 6. The van der Waals surface area contributed by atoms with Gasteiger partial charge in [0.25, 0.3) is 5.91 Å². The number of carbonyl (C=O) groups excluding carboxylic acids is 2. The molecule has 9 heteroatoms. The Kier molecular flexibility index (Phi) is 5.16. The lowest BCUT2D eigenvalue weighted by atomic mass is 10.1. The Balaban J connectivity index is 1.21. The van der Waals surface area contributed by atoms with Gasteiger partial charge in [-0.25, -0.2) is 9.79 Å². The third kappa shape index (κ3) is 3.65. The van der Waals surface area contributed by atoms with Gasteiger partial charge in [0.15, 0.2) is 12.2 Å². The summed E-state index contributed by atoms with van der Waals surface area (Å²) in [5.41, 5.74) is 1.99. The van der Waals surface area contributed by atoms with Crippen LogP contribution in [0.1, 0.15) is 6.92 Å². The fraction of sp³-hybridized carbons (Fsp3) is 0.292. The third-order valence-electron chi connectivity index (χ3n) is 6.12. The molecule has 2 aromatic rings. The van der Waals surface area contributed by atoms with Gasteiger partial charge in [0.2, 0.25) is 5.96 Å². The van der Waals surface area contributed by atoms with Crippen molar-refractivity contribution in [1.82, 2.24) is 19.6 Å². The van der Waals surface area contributed by atoms with Crippen LogP contribution in [0.4, 0.5) is 10.5 Å². The van der Waals surface area contributed by atoms with E-state index in [2.05, 4.69) is 10.2 Å². The standard InChI is InChI=1S/C24H26N6O3/c1-16-15-30-20-21(27(2)24(32)28(3)22(20)31)26-23(30)29(16)14-13-25-17-9-11-19(12-10-17)33-18-7-5-4-6-8-18/h4-12,15,20-21,25H,13-14H2,1-3H3. The lowest BCUT2D eigenvalue weighted by Crippen LogP contribution is -2.63. The molecule has 3 heterocycles. The first-order chi connectivity index (χ1) is 15.9. The minimum Gasteiger partial charge on any atom is -0.457 e. The Labute approximate surface area is 192 Å². The molecule has 5 rings (SSSR count). The molecular weight excluding hydrogens is 420 g/mol. The number of urea groups is 1. The summed E-state index contributed by atoms with van der Waals surface area (Å²) in [6.07, 6.45) is 1.43. The Morgan fingerprint density at radius 3 is 2.42 bits per heavy atom. The predicted octanol–water partition coefficient (Wildman–Crippen LogP) is 2.96. The van der Waals surface area contributed by atoms with Gasteiger partial charge in [-0.3, -0.25) is 9.69 Å². The first-order valence-electron chi connectivity index (χ1n) is 10.9. The number of para-hydroxylation sites is 1. The van der Waals surface area contributed by atoms with Crippen LogP contribution >= 0.6 is 0 Å². The lowest BCUT2D eigenvalue weighted by molar-refractivity contribution is -0.135. The van der Waals surface area contributed by atoms with Crippen LogP contribution < -0.4 is 10.1 Å². The first kappa shape index (κ1) is 20.9. The maximum absolute atomic E-state index is 12.8. The summed E-state index contributed by atoms with van der Waals surface area (Å²) in [4.78, 5) is 36.4. The van der Waals surface area contributed by atoms with E-state index in [1.54, 1.807) is 7.05 Å². The van der Waals surface area contributed by atoms with Crippen LogP contribution in [0.5, 0.6) is 11.5 Å². The number of aliphatic imine (C=N–C) groups is 1. The fourth-order valence-electron chi connectivity index (χ4n) is 4.34. The monoisotopic (exact) mass is 446 g/mol. The number of carbonyl (C=O) groups is 2. The molecule has 1 saturated heterocycles. The zero-order valence-electron chi connectivity index (χ0n) is 18.8. The van der Waals surface area contributed by atoms with Crippen LogP contribution in [0.3, 0.4) is 0 Å². The van der Waals surface area contributed by atoms with Crippen LogP contribution in [0, 0.1) is 0 Å². The van der Waals surface area contributed by atoms with E-state index in [1.165, 1.54) is 11.9 Å². The molecule has 9 nitrogen and oxygen atoms in total. The van der Waals surface area contributed by atoms with Crippen molar-refractivity contribution >= 4 is 23.6 Å². The second kappa shape index (κ2) is 8.16. The summed E-state index contributed by atoms with van der Waals surface area (Å²) < 4.78 is 5.84. The molecule has 3 aliphatic heterocycles. The second-order valence-corrected chi connectivity index (χ2v) is 8.27. The van der Waals surface area contributed by atoms with Crippen LogP contribution in [0.15, 0.2) is 71.5 Å². The molecule has 3 aliphatic rings. The molecule has 1 fully saturated rings. The van der Waals surface area contributed by atoms with Crippen molar-refractivity contribution in [3.05, 3.63) is 66.5 Å². The van der Waals surface area contributed by atoms with E-state index in [4.69, 9.17) is 9.73 Å². The van der Waals surface area contributed by atoms with Crippen molar-refractivity contribution in [2.75, 3.05) is 32.5 Å². The summed E-state index contributed by atoms with van der Waals surface area (Å²) in [6.45, 7) is 3.34. The Morgan fingerprint density at radius 2 is 1.70 bits per heavy atom. The molecule has 170 valence electrons. The number of benzene rings is 2. The molecule has 0 saturated carbocycles. The summed E-state index contributed by atoms with van der Waals surface area (Å²) in [7, 11) is 3.20. The second-order valence-electron chi connectivity index (χ2n) is 8.27. The quantitative estimate of drug-likeness (QED) is 0.735. The molecular formula is C24H26N6O3. The SMILES string of the molecule is CC1=CN2C(=NC3C2C(=O)N(C)C(=O)N3C)N1CCNc1ccc(Oc2ccccc2)cc1. The fourth-order valence-corrected chi connectivity index (χ4v) is 4.34. The predicted molar refractivity (Wildman–Crippen MR) is 125 cm³/mol. The highest BCUT2D eigenvalue weighted by Gasteiger charge is 2.53. The highest BCUT2D eigenvalue weighted by molar-refractivity contribution is 6.04. The number of imide groups is 1. The number of likely N-dealkylation sites (N-methyl/N-ethyl adjacent to an activating group) is 2. The van der Waals surface area contributed by atoms with Gasteiger partial charge in [0.05, 0.1) is 0 Å². The Bertz CT molecular complexity index is 1130. The van der Waals surface area contributed by atoms with Gasteiger partial charge in [0.1, 0.15) is 11.5 Å². The van der Waals surface area contributed by atoms with Crippen LogP contribution in [-0.2, 0) is 4.79 Å². The van der Waals surface area contributed by atoms with Crippen molar-refractivity contribution < 1.29 is 14.3 Å². The molecule has 2 aromatic carbocycles. The van der Waals surface area contributed by atoms with Crippen molar-refractivity contribution in [2.24, 2.45) is 4.99 Å². The summed E-state index contributed by atoms with van der Waals surface area (Å²) in [5.74, 6) is 2.05.